The molecule has 0 saturated heterocycles. The fourth-order valence-corrected chi connectivity index (χ4v) is 2.40. The van der Waals surface area contributed by atoms with E-state index >= 15 is 0 Å². The minimum absolute atomic E-state index is 0.0575. The van der Waals surface area contributed by atoms with Gasteiger partial charge in [0, 0.05) is 6.08 Å². The average molecular weight is 300 g/mol. The molecule has 0 spiro atoms. The third-order valence-corrected chi connectivity index (χ3v) is 3.60. The van der Waals surface area contributed by atoms with Gasteiger partial charge in [0.15, 0.2) is 0 Å². The van der Waals surface area contributed by atoms with Gasteiger partial charge in [-0.1, -0.05) is 48.6 Å². The van der Waals surface area contributed by atoms with Crippen LogP contribution in [0.4, 0.5) is 0 Å². The summed E-state index contributed by atoms with van der Waals surface area (Å²) in [7, 11) is 1.40. The SMILES string of the molecule is COC(=O)[C@@H]1CC=C[C@H](/C=C\C(=O)OCc2ccccc2)C1. The second-order valence-corrected chi connectivity index (χ2v) is 5.24. The van der Waals surface area contributed by atoms with Crippen LogP contribution in [0.3, 0.4) is 0 Å². The summed E-state index contributed by atoms with van der Waals surface area (Å²) in [5, 5.41) is 0. The van der Waals surface area contributed by atoms with Gasteiger partial charge in [0.25, 0.3) is 0 Å². The van der Waals surface area contributed by atoms with Crippen LogP contribution in [0.2, 0.25) is 0 Å². The Morgan fingerprint density at radius 2 is 2.05 bits per heavy atom. The van der Waals surface area contributed by atoms with E-state index in [0.717, 1.165) is 5.56 Å². The first-order valence-corrected chi connectivity index (χ1v) is 7.32. The standard InChI is InChI=1S/C18H20O4/c1-21-18(20)16-9-5-8-14(12-16)10-11-17(19)22-13-15-6-3-2-4-7-15/h2-8,10-11,14,16H,9,12-13H2,1H3/b11-10-/t14-,16-/m1/s1. The van der Waals surface area contributed by atoms with Crippen molar-refractivity contribution < 1.29 is 19.1 Å². The molecule has 1 aliphatic carbocycles. The van der Waals surface area contributed by atoms with Gasteiger partial charge in [0.05, 0.1) is 13.0 Å². The molecule has 1 aromatic rings. The summed E-state index contributed by atoms with van der Waals surface area (Å²) in [6.45, 7) is 0.259. The molecular weight excluding hydrogens is 280 g/mol. The number of hydrogen-bond donors (Lipinski definition) is 0. The Balaban J connectivity index is 1.81. The van der Waals surface area contributed by atoms with Crippen LogP contribution < -0.4 is 0 Å². The summed E-state index contributed by atoms with van der Waals surface area (Å²) in [6, 6.07) is 9.53. The van der Waals surface area contributed by atoms with E-state index < -0.39 is 0 Å². The summed E-state index contributed by atoms with van der Waals surface area (Å²) in [4.78, 5) is 23.2. The highest BCUT2D eigenvalue weighted by Crippen LogP contribution is 2.25. The predicted molar refractivity (Wildman–Crippen MR) is 82.7 cm³/mol. The van der Waals surface area contributed by atoms with Crippen molar-refractivity contribution in [3.8, 4) is 0 Å². The number of benzene rings is 1. The monoisotopic (exact) mass is 300 g/mol. The van der Waals surface area contributed by atoms with Gasteiger partial charge in [-0.05, 0) is 24.3 Å². The molecule has 0 fully saturated rings. The van der Waals surface area contributed by atoms with Crippen molar-refractivity contribution in [3.63, 3.8) is 0 Å². The summed E-state index contributed by atoms with van der Waals surface area (Å²) in [6.07, 6.45) is 8.51. The third-order valence-electron chi connectivity index (χ3n) is 3.60. The van der Waals surface area contributed by atoms with Crippen LogP contribution in [0, 0.1) is 11.8 Å². The second-order valence-electron chi connectivity index (χ2n) is 5.24. The Morgan fingerprint density at radius 3 is 2.77 bits per heavy atom. The molecule has 0 saturated carbocycles. The highest BCUT2D eigenvalue weighted by molar-refractivity contribution is 5.82. The quantitative estimate of drug-likeness (QED) is 0.476. The van der Waals surface area contributed by atoms with Crippen molar-refractivity contribution in [3.05, 3.63) is 60.2 Å². The molecule has 0 aromatic heterocycles. The van der Waals surface area contributed by atoms with Crippen LogP contribution in [0.1, 0.15) is 18.4 Å². The number of rotatable bonds is 5. The van der Waals surface area contributed by atoms with Crippen LogP contribution >= 0.6 is 0 Å². The maximum absolute atomic E-state index is 11.7. The molecule has 0 heterocycles. The van der Waals surface area contributed by atoms with Crippen LogP contribution in [0.25, 0.3) is 0 Å². The lowest BCUT2D eigenvalue weighted by molar-refractivity contribution is -0.145. The smallest absolute Gasteiger partial charge is 0.330 e. The Labute approximate surface area is 130 Å². The van der Waals surface area contributed by atoms with E-state index in [4.69, 9.17) is 9.47 Å². The highest BCUT2D eigenvalue weighted by Gasteiger charge is 2.23. The van der Waals surface area contributed by atoms with Gasteiger partial charge in [0.1, 0.15) is 6.61 Å². The topological polar surface area (TPSA) is 52.6 Å². The van der Waals surface area contributed by atoms with E-state index in [1.54, 1.807) is 6.08 Å². The third kappa shape index (κ3) is 4.88. The van der Waals surface area contributed by atoms with Gasteiger partial charge in [-0.15, -0.1) is 0 Å². The van der Waals surface area contributed by atoms with Crippen LogP contribution in [-0.4, -0.2) is 19.0 Å². The van der Waals surface area contributed by atoms with Crippen LogP contribution in [-0.2, 0) is 25.7 Å². The molecule has 0 N–H and O–H groups in total. The Morgan fingerprint density at radius 1 is 1.27 bits per heavy atom. The van der Waals surface area contributed by atoms with E-state index in [1.165, 1.54) is 13.2 Å². The van der Waals surface area contributed by atoms with E-state index in [-0.39, 0.29) is 30.4 Å². The first kappa shape index (κ1) is 16.0. The summed E-state index contributed by atoms with van der Waals surface area (Å²) < 4.78 is 9.94. The zero-order valence-corrected chi connectivity index (χ0v) is 12.6. The minimum Gasteiger partial charge on any atom is -0.469 e. The molecule has 0 bridgehead atoms. The molecule has 1 aliphatic rings. The zero-order chi connectivity index (χ0) is 15.8. The lowest BCUT2D eigenvalue weighted by atomic mass is 9.86. The van der Waals surface area contributed by atoms with E-state index in [0.29, 0.717) is 12.8 Å². The molecule has 0 aliphatic heterocycles. The molecule has 1 aromatic carbocycles. The van der Waals surface area contributed by atoms with Gasteiger partial charge < -0.3 is 9.47 Å². The number of carbonyl (C=O) groups is 2. The molecule has 0 radical (unpaired) electrons. The number of hydrogen-bond acceptors (Lipinski definition) is 4. The lowest BCUT2D eigenvalue weighted by Crippen LogP contribution is -2.20. The van der Waals surface area contributed by atoms with E-state index in [2.05, 4.69) is 0 Å². The van der Waals surface area contributed by atoms with Crippen molar-refractivity contribution in [2.24, 2.45) is 11.8 Å². The summed E-state index contributed by atoms with van der Waals surface area (Å²) in [5.74, 6) is -0.654. The van der Waals surface area contributed by atoms with Crippen molar-refractivity contribution >= 4 is 11.9 Å². The van der Waals surface area contributed by atoms with Crippen molar-refractivity contribution in [1.29, 1.82) is 0 Å². The fraction of sp³-hybridized carbons (Fsp3) is 0.333. The van der Waals surface area contributed by atoms with Gasteiger partial charge in [-0.2, -0.15) is 0 Å². The molecule has 22 heavy (non-hydrogen) atoms. The molecule has 2 atom stereocenters. The number of allylic oxidation sites excluding steroid dienone is 3. The number of esters is 2. The molecule has 116 valence electrons. The Kier molecular flexibility index (Phi) is 5.95. The average Bonchev–Trinajstić information content (AvgIpc) is 2.58. The molecule has 4 heteroatoms. The second kappa shape index (κ2) is 8.17. The number of methoxy groups -OCH3 is 1. The van der Waals surface area contributed by atoms with Gasteiger partial charge in [-0.25, -0.2) is 4.79 Å². The molecule has 4 nitrogen and oxygen atoms in total. The predicted octanol–water partition coefficient (Wildman–Crippen LogP) is 3.04. The molecule has 2 rings (SSSR count). The van der Waals surface area contributed by atoms with Gasteiger partial charge in [-0.3, -0.25) is 4.79 Å². The van der Waals surface area contributed by atoms with Gasteiger partial charge in [0.2, 0.25) is 0 Å². The highest BCUT2D eigenvalue weighted by atomic mass is 16.5. The first-order valence-electron chi connectivity index (χ1n) is 7.32. The maximum Gasteiger partial charge on any atom is 0.330 e. The maximum atomic E-state index is 11.7. The van der Waals surface area contributed by atoms with E-state index in [9.17, 15) is 9.59 Å². The first-order chi connectivity index (χ1) is 10.7. The number of carbonyl (C=O) groups excluding carboxylic acids is 2. The zero-order valence-electron chi connectivity index (χ0n) is 12.6. The largest absolute Gasteiger partial charge is 0.469 e. The lowest BCUT2D eigenvalue weighted by Gasteiger charge is -2.20. The van der Waals surface area contributed by atoms with Crippen molar-refractivity contribution in [2.45, 2.75) is 19.4 Å². The molecule has 0 amide bonds. The van der Waals surface area contributed by atoms with Gasteiger partial charge >= 0.3 is 11.9 Å². The summed E-state index contributed by atoms with van der Waals surface area (Å²) in [5.41, 5.74) is 0.951. The molecular formula is C18H20O4. The van der Waals surface area contributed by atoms with E-state index in [1.807, 2.05) is 42.5 Å². The van der Waals surface area contributed by atoms with Crippen molar-refractivity contribution in [2.75, 3.05) is 7.11 Å². The van der Waals surface area contributed by atoms with Crippen LogP contribution in [0.15, 0.2) is 54.6 Å². The van der Waals surface area contributed by atoms with Crippen molar-refractivity contribution in [1.82, 2.24) is 0 Å². The molecule has 0 unspecified atom stereocenters. The Hall–Kier alpha value is -2.36. The fourth-order valence-electron chi connectivity index (χ4n) is 2.40. The number of ether oxygens (including phenoxy) is 2. The Bertz CT molecular complexity index is 560. The normalized spacial score (nSPS) is 20.8. The summed E-state index contributed by atoms with van der Waals surface area (Å²) >= 11 is 0. The van der Waals surface area contributed by atoms with Crippen LogP contribution in [0.5, 0.6) is 0 Å². The minimum atomic E-state index is -0.377.